The number of fused-ring (bicyclic) bond motifs is 3. The van der Waals surface area contributed by atoms with Crippen LogP contribution < -0.4 is 10.5 Å². The molecule has 0 bridgehead atoms. The molecule has 14 heteroatoms. The van der Waals surface area contributed by atoms with Crippen molar-refractivity contribution in [3.05, 3.63) is 59.2 Å². The number of H-pyrrole nitrogens is 1. The number of halogens is 3. The first-order chi connectivity index (χ1) is 18.2. The van der Waals surface area contributed by atoms with Gasteiger partial charge in [0.25, 0.3) is 5.56 Å². The molecule has 196 valence electrons. The average molecular weight is 525 g/mol. The number of nitrogens with one attached hydrogen (secondary N) is 1. The lowest BCUT2D eigenvalue weighted by Gasteiger charge is -2.18. The van der Waals surface area contributed by atoms with Gasteiger partial charge in [-0.3, -0.25) is 28.2 Å². The third kappa shape index (κ3) is 4.01. The predicted octanol–water partition coefficient (Wildman–Crippen LogP) is 3.11. The van der Waals surface area contributed by atoms with Crippen LogP contribution in [0.1, 0.15) is 25.3 Å². The molecule has 1 atom stereocenters. The second-order valence-electron chi connectivity index (χ2n) is 9.29. The number of carbonyl (C=O) groups is 1. The molecule has 1 unspecified atom stereocenters. The van der Waals surface area contributed by atoms with E-state index in [-0.39, 0.29) is 36.0 Å². The Morgan fingerprint density at radius 1 is 1.18 bits per heavy atom. The molecule has 1 aliphatic heterocycles. The second-order valence-corrected chi connectivity index (χ2v) is 9.29. The molecule has 0 radical (unpaired) electrons. The lowest BCUT2D eigenvalue weighted by Crippen LogP contribution is -2.25. The van der Waals surface area contributed by atoms with Gasteiger partial charge in [-0.05, 0) is 12.5 Å². The molecule has 1 amide bonds. The van der Waals surface area contributed by atoms with E-state index in [9.17, 15) is 22.8 Å². The number of nitrogens with zero attached hydrogens (tertiary/aromatic N) is 8. The summed E-state index contributed by atoms with van der Waals surface area (Å²) in [5, 5.41) is 4.38. The highest BCUT2D eigenvalue weighted by Crippen LogP contribution is 2.33. The molecule has 0 spiro atoms. The highest BCUT2D eigenvalue weighted by molar-refractivity contribution is 5.95. The standard InChI is InChI=1S/C24H22F3N9O2/c1-2-4-35-22(38)19-21(34-5-3-29-23(34)35)32-20(31-19)15-8-30-33(13-15)11-14-6-18(37)36(12-14)17-7-16(9-28-10-17)24(25,26)27/h3,5,7-10,13-14H,2,4,6,11-12H2,1H3,(H,31,32). The van der Waals surface area contributed by atoms with E-state index in [1.165, 1.54) is 11.1 Å². The number of aryl methyl sites for hydroxylation is 1. The fraction of sp³-hybridized carbons (Fsp3) is 0.333. The van der Waals surface area contributed by atoms with E-state index in [2.05, 4.69) is 25.0 Å². The summed E-state index contributed by atoms with van der Waals surface area (Å²) in [6.45, 7) is 3.13. The summed E-state index contributed by atoms with van der Waals surface area (Å²) in [6, 6.07) is 0.937. The molecule has 0 aliphatic carbocycles. The Morgan fingerprint density at radius 3 is 2.82 bits per heavy atom. The third-order valence-electron chi connectivity index (χ3n) is 6.60. The zero-order valence-electron chi connectivity index (χ0n) is 20.2. The summed E-state index contributed by atoms with van der Waals surface area (Å²) in [6.07, 6.45) is 5.13. The quantitative estimate of drug-likeness (QED) is 0.364. The molecule has 0 saturated carbocycles. The minimum Gasteiger partial charge on any atom is -0.332 e. The summed E-state index contributed by atoms with van der Waals surface area (Å²) in [5.74, 6) is 0.553. The molecule has 1 N–H and O–H groups in total. The first-order valence-electron chi connectivity index (χ1n) is 12.0. The fourth-order valence-corrected chi connectivity index (χ4v) is 4.87. The van der Waals surface area contributed by atoms with E-state index in [1.807, 2.05) is 6.92 Å². The summed E-state index contributed by atoms with van der Waals surface area (Å²) >= 11 is 0. The van der Waals surface area contributed by atoms with Crippen molar-refractivity contribution in [2.45, 2.75) is 39.0 Å². The molecule has 5 aromatic rings. The SMILES string of the molecule is CCCn1c(=O)c2[nH]c(-c3cnn(CC4CC(=O)N(c5cncc(C(F)(F)F)c5)C4)c3)nc2n2ccnc12. The number of anilines is 1. The van der Waals surface area contributed by atoms with Crippen molar-refractivity contribution in [2.75, 3.05) is 11.4 Å². The maximum absolute atomic E-state index is 13.1. The Kier molecular flexibility index (Phi) is 5.54. The van der Waals surface area contributed by atoms with Crippen LogP contribution in [0.25, 0.3) is 28.3 Å². The van der Waals surface area contributed by atoms with E-state index >= 15 is 0 Å². The number of aromatic nitrogens is 8. The van der Waals surface area contributed by atoms with Crippen molar-refractivity contribution in [1.82, 2.24) is 38.7 Å². The molecular weight excluding hydrogens is 503 g/mol. The van der Waals surface area contributed by atoms with Crippen molar-refractivity contribution in [1.29, 1.82) is 0 Å². The van der Waals surface area contributed by atoms with Crippen LogP contribution in [-0.2, 0) is 24.1 Å². The van der Waals surface area contributed by atoms with Gasteiger partial charge in [-0.2, -0.15) is 18.3 Å². The van der Waals surface area contributed by atoms with Gasteiger partial charge in [0.1, 0.15) is 5.82 Å². The molecule has 38 heavy (non-hydrogen) atoms. The third-order valence-corrected chi connectivity index (χ3v) is 6.60. The molecule has 11 nitrogen and oxygen atoms in total. The van der Waals surface area contributed by atoms with E-state index in [4.69, 9.17) is 0 Å². The number of hydrogen-bond acceptors (Lipinski definition) is 6. The van der Waals surface area contributed by atoms with Gasteiger partial charge < -0.3 is 9.88 Å². The van der Waals surface area contributed by atoms with Crippen LogP contribution in [0.15, 0.2) is 48.0 Å². The molecule has 5 aromatic heterocycles. The molecule has 6 heterocycles. The minimum atomic E-state index is -4.54. The molecule has 6 rings (SSSR count). The van der Waals surface area contributed by atoms with Crippen LogP contribution in [0, 0.1) is 5.92 Å². The van der Waals surface area contributed by atoms with Crippen LogP contribution in [0.5, 0.6) is 0 Å². The van der Waals surface area contributed by atoms with Crippen molar-refractivity contribution >= 4 is 28.5 Å². The van der Waals surface area contributed by atoms with Gasteiger partial charge in [-0.25, -0.2) is 9.97 Å². The number of pyridine rings is 1. The lowest BCUT2D eigenvalue weighted by atomic mass is 10.1. The fourth-order valence-electron chi connectivity index (χ4n) is 4.87. The van der Waals surface area contributed by atoms with Crippen molar-refractivity contribution in [3.8, 4) is 11.4 Å². The number of aromatic amines is 1. The van der Waals surface area contributed by atoms with Gasteiger partial charge in [0.15, 0.2) is 11.2 Å². The maximum Gasteiger partial charge on any atom is 0.417 e. The Balaban J connectivity index is 1.23. The maximum atomic E-state index is 13.1. The monoisotopic (exact) mass is 525 g/mol. The Labute approximate surface area is 212 Å². The molecule has 1 fully saturated rings. The van der Waals surface area contributed by atoms with Crippen LogP contribution in [0.2, 0.25) is 0 Å². The Bertz CT molecular complexity index is 1730. The van der Waals surface area contributed by atoms with Crippen LogP contribution >= 0.6 is 0 Å². The Hall–Kier alpha value is -4.49. The predicted molar refractivity (Wildman–Crippen MR) is 130 cm³/mol. The van der Waals surface area contributed by atoms with E-state index < -0.39 is 11.7 Å². The number of carbonyl (C=O) groups excluding carboxylic acids is 1. The van der Waals surface area contributed by atoms with Crippen molar-refractivity contribution < 1.29 is 18.0 Å². The first kappa shape index (κ1) is 23.9. The van der Waals surface area contributed by atoms with E-state index in [1.54, 1.807) is 38.4 Å². The first-order valence-corrected chi connectivity index (χ1v) is 12.0. The number of rotatable bonds is 6. The topological polar surface area (TPSA) is 119 Å². The normalized spacial score (nSPS) is 16.4. The molecular formula is C24H22F3N9O2. The van der Waals surface area contributed by atoms with Gasteiger partial charge in [0, 0.05) is 56.8 Å². The number of alkyl halides is 3. The Morgan fingerprint density at radius 2 is 2.03 bits per heavy atom. The average Bonchev–Trinajstić information content (AvgIpc) is 3.67. The largest absolute Gasteiger partial charge is 0.417 e. The van der Waals surface area contributed by atoms with Gasteiger partial charge in [-0.1, -0.05) is 6.92 Å². The van der Waals surface area contributed by atoms with Gasteiger partial charge in [0.05, 0.1) is 29.2 Å². The second kappa shape index (κ2) is 8.82. The highest BCUT2D eigenvalue weighted by atomic mass is 19.4. The van der Waals surface area contributed by atoms with Gasteiger partial charge >= 0.3 is 6.18 Å². The van der Waals surface area contributed by atoms with E-state index in [0.717, 1.165) is 18.7 Å². The smallest absolute Gasteiger partial charge is 0.332 e. The summed E-state index contributed by atoms with van der Waals surface area (Å²) in [4.78, 5) is 42.7. The zero-order valence-corrected chi connectivity index (χ0v) is 20.2. The van der Waals surface area contributed by atoms with Crippen LogP contribution in [-0.4, -0.2) is 51.1 Å². The number of hydrogen-bond donors (Lipinski definition) is 1. The summed E-state index contributed by atoms with van der Waals surface area (Å²) in [7, 11) is 0. The van der Waals surface area contributed by atoms with Gasteiger partial charge in [-0.15, -0.1) is 0 Å². The van der Waals surface area contributed by atoms with E-state index in [0.29, 0.717) is 41.4 Å². The number of amides is 1. The number of imidazole rings is 2. The molecule has 0 aromatic carbocycles. The molecule has 1 saturated heterocycles. The van der Waals surface area contributed by atoms with Crippen LogP contribution in [0.4, 0.5) is 18.9 Å². The van der Waals surface area contributed by atoms with Crippen molar-refractivity contribution in [3.63, 3.8) is 0 Å². The highest BCUT2D eigenvalue weighted by Gasteiger charge is 2.35. The lowest BCUT2D eigenvalue weighted by molar-refractivity contribution is -0.137. The molecule has 1 aliphatic rings. The minimum absolute atomic E-state index is 0.121. The van der Waals surface area contributed by atoms with Crippen molar-refractivity contribution in [2.24, 2.45) is 5.92 Å². The summed E-state index contributed by atoms with van der Waals surface area (Å²) < 4.78 is 44.3. The zero-order chi connectivity index (χ0) is 26.6. The summed E-state index contributed by atoms with van der Waals surface area (Å²) in [5.41, 5.74) is 0.487. The van der Waals surface area contributed by atoms with Crippen LogP contribution in [0.3, 0.4) is 0 Å². The van der Waals surface area contributed by atoms with Gasteiger partial charge in [0.2, 0.25) is 11.7 Å².